The number of nitrogens with zero attached hydrogens (tertiary/aromatic N) is 1. The third-order valence-corrected chi connectivity index (χ3v) is 2.23. The van der Waals surface area contributed by atoms with Crippen molar-refractivity contribution in [3.63, 3.8) is 0 Å². The molecule has 0 aromatic heterocycles. The minimum absolute atomic E-state index is 0.298. The molecule has 2 N–H and O–H groups in total. The van der Waals surface area contributed by atoms with Gasteiger partial charge in [-0.3, -0.25) is 4.90 Å². The van der Waals surface area contributed by atoms with Crippen LogP contribution >= 0.6 is 0 Å². The van der Waals surface area contributed by atoms with Crippen LogP contribution in [0.2, 0.25) is 0 Å². The summed E-state index contributed by atoms with van der Waals surface area (Å²) in [7, 11) is 0. The smallest absolute Gasteiger partial charge is 0.312 e. The minimum atomic E-state index is -3.42. The third-order valence-electron chi connectivity index (χ3n) is 2.23. The molecule has 1 saturated heterocycles. The van der Waals surface area contributed by atoms with E-state index in [1.54, 1.807) is 6.92 Å². The normalized spacial score (nSPS) is 28.8. The Bertz CT molecular complexity index is 173. The van der Waals surface area contributed by atoms with Crippen molar-refractivity contribution in [2.24, 2.45) is 0 Å². The average molecular weight is 181 g/mol. The Labute approximate surface area is 69.6 Å². The molecule has 0 aromatic rings. The standard InChI is InChI=1S/C7H13F2NO2/c1-2-10-4-3-7(11,12)6(8,9)5-10/h11-12H,2-5H2,1H3. The summed E-state index contributed by atoms with van der Waals surface area (Å²) in [5.74, 6) is -6.24. The van der Waals surface area contributed by atoms with Gasteiger partial charge < -0.3 is 10.2 Å². The minimum Gasteiger partial charge on any atom is -0.361 e. The fourth-order valence-corrected chi connectivity index (χ4v) is 1.25. The Morgan fingerprint density at radius 2 is 2.00 bits per heavy atom. The summed E-state index contributed by atoms with van der Waals surface area (Å²) in [6, 6.07) is 0. The summed E-state index contributed by atoms with van der Waals surface area (Å²) in [5, 5.41) is 17.8. The van der Waals surface area contributed by atoms with Crippen molar-refractivity contribution in [3.05, 3.63) is 0 Å². The molecule has 3 nitrogen and oxygen atoms in total. The number of rotatable bonds is 1. The van der Waals surface area contributed by atoms with Crippen LogP contribution in [0.5, 0.6) is 0 Å². The maximum absolute atomic E-state index is 12.9. The average Bonchev–Trinajstić information content (AvgIpc) is 1.95. The number of alkyl halides is 2. The van der Waals surface area contributed by atoms with E-state index in [1.165, 1.54) is 4.90 Å². The lowest BCUT2D eigenvalue weighted by Gasteiger charge is -2.40. The van der Waals surface area contributed by atoms with E-state index in [4.69, 9.17) is 10.2 Å². The quantitative estimate of drug-likeness (QED) is 0.561. The van der Waals surface area contributed by atoms with E-state index in [9.17, 15) is 8.78 Å². The molecule has 0 atom stereocenters. The highest BCUT2D eigenvalue weighted by atomic mass is 19.3. The zero-order valence-electron chi connectivity index (χ0n) is 6.93. The lowest BCUT2D eigenvalue weighted by molar-refractivity contribution is -0.317. The Morgan fingerprint density at radius 1 is 1.42 bits per heavy atom. The first-order valence-corrected chi connectivity index (χ1v) is 3.94. The predicted molar refractivity (Wildman–Crippen MR) is 38.8 cm³/mol. The highest BCUT2D eigenvalue weighted by molar-refractivity contribution is 4.91. The molecule has 0 saturated carbocycles. The highest BCUT2D eigenvalue weighted by Crippen LogP contribution is 2.34. The lowest BCUT2D eigenvalue weighted by Crippen LogP contribution is -2.60. The van der Waals surface area contributed by atoms with E-state index in [-0.39, 0.29) is 6.42 Å². The van der Waals surface area contributed by atoms with Crippen molar-refractivity contribution in [1.82, 2.24) is 4.90 Å². The first kappa shape index (κ1) is 9.83. The van der Waals surface area contributed by atoms with Gasteiger partial charge in [0, 0.05) is 13.0 Å². The summed E-state index contributed by atoms with van der Waals surface area (Å²) >= 11 is 0. The molecule has 0 amide bonds. The second-order valence-electron chi connectivity index (χ2n) is 3.14. The molecule has 1 fully saturated rings. The molecule has 0 radical (unpaired) electrons. The van der Waals surface area contributed by atoms with Crippen LogP contribution in [-0.2, 0) is 0 Å². The van der Waals surface area contributed by atoms with Crippen LogP contribution < -0.4 is 0 Å². The molecule has 0 aromatic carbocycles. The SMILES string of the molecule is CCN1CCC(O)(O)C(F)(F)C1. The number of aliphatic hydroxyl groups is 2. The zero-order valence-corrected chi connectivity index (χ0v) is 6.93. The molecule has 0 aliphatic carbocycles. The molecule has 1 aliphatic heterocycles. The first-order valence-electron chi connectivity index (χ1n) is 3.94. The second-order valence-corrected chi connectivity index (χ2v) is 3.14. The second kappa shape index (κ2) is 2.90. The van der Waals surface area contributed by atoms with Crippen LogP contribution in [0.15, 0.2) is 0 Å². The molecule has 1 aliphatic rings. The topological polar surface area (TPSA) is 43.7 Å². The van der Waals surface area contributed by atoms with E-state index in [2.05, 4.69) is 0 Å². The Kier molecular flexibility index (Phi) is 2.38. The van der Waals surface area contributed by atoms with Crippen LogP contribution in [0.1, 0.15) is 13.3 Å². The third kappa shape index (κ3) is 1.57. The largest absolute Gasteiger partial charge is 0.361 e. The van der Waals surface area contributed by atoms with Crippen molar-refractivity contribution in [2.45, 2.75) is 25.1 Å². The zero-order chi connectivity index (χ0) is 9.41. The van der Waals surface area contributed by atoms with Crippen molar-refractivity contribution >= 4 is 0 Å². The summed E-state index contributed by atoms with van der Waals surface area (Å²) in [6.07, 6.45) is -0.298. The number of halogens is 2. The molecule has 12 heavy (non-hydrogen) atoms. The maximum atomic E-state index is 12.9. The van der Waals surface area contributed by atoms with Gasteiger partial charge in [-0.2, -0.15) is 8.78 Å². The van der Waals surface area contributed by atoms with Crippen molar-refractivity contribution in [2.75, 3.05) is 19.6 Å². The van der Waals surface area contributed by atoms with Gasteiger partial charge in [0.25, 0.3) is 0 Å². The van der Waals surface area contributed by atoms with Crippen molar-refractivity contribution in [3.8, 4) is 0 Å². The van der Waals surface area contributed by atoms with Crippen molar-refractivity contribution in [1.29, 1.82) is 0 Å². The van der Waals surface area contributed by atoms with Gasteiger partial charge in [0.2, 0.25) is 5.79 Å². The van der Waals surface area contributed by atoms with Gasteiger partial charge in [-0.15, -0.1) is 0 Å². The lowest BCUT2D eigenvalue weighted by atomic mass is 10.00. The van der Waals surface area contributed by atoms with Crippen LogP contribution in [0.25, 0.3) is 0 Å². The van der Waals surface area contributed by atoms with E-state index in [0.29, 0.717) is 13.1 Å². The number of likely N-dealkylation sites (tertiary alicyclic amines) is 1. The molecular formula is C7H13F2NO2. The number of hydrogen-bond acceptors (Lipinski definition) is 3. The summed E-state index contributed by atoms with van der Waals surface area (Å²) in [4.78, 5) is 1.49. The Hall–Kier alpha value is -0.260. The molecule has 1 rings (SSSR count). The van der Waals surface area contributed by atoms with Gasteiger partial charge in [0.05, 0.1) is 6.54 Å². The van der Waals surface area contributed by atoms with Gasteiger partial charge in [0.15, 0.2) is 0 Å². The molecule has 0 spiro atoms. The van der Waals surface area contributed by atoms with E-state index in [1.807, 2.05) is 0 Å². The molecule has 0 unspecified atom stereocenters. The first-order chi connectivity index (χ1) is 5.39. The molecular weight excluding hydrogens is 168 g/mol. The molecule has 0 bridgehead atoms. The summed E-state index contributed by atoms with van der Waals surface area (Å²) in [6.45, 7) is 2.00. The van der Waals surface area contributed by atoms with Crippen LogP contribution in [0.3, 0.4) is 0 Å². The summed E-state index contributed by atoms with van der Waals surface area (Å²) < 4.78 is 25.8. The van der Waals surface area contributed by atoms with Gasteiger partial charge in [-0.05, 0) is 6.54 Å². The molecule has 72 valence electrons. The fraction of sp³-hybridized carbons (Fsp3) is 1.00. The van der Waals surface area contributed by atoms with E-state index < -0.39 is 18.3 Å². The van der Waals surface area contributed by atoms with Gasteiger partial charge >= 0.3 is 5.92 Å². The Balaban J connectivity index is 2.68. The van der Waals surface area contributed by atoms with Gasteiger partial charge in [-0.25, -0.2) is 0 Å². The number of piperidine rings is 1. The maximum Gasteiger partial charge on any atom is 0.312 e. The Morgan fingerprint density at radius 3 is 2.42 bits per heavy atom. The molecule has 1 heterocycles. The fourth-order valence-electron chi connectivity index (χ4n) is 1.25. The van der Waals surface area contributed by atoms with Crippen LogP contribution in [-0.4, -0.2) is 46.5 Å². The number of hydrogen-bond donors (Lipinski definition) is 2. The highest BCUT2D eigenvalue weighted by Gasteiger charge is 2.54. The monoisotopic (exact) mass is 181 g/mol. The van der Waals surface area contributed by atoms with Gasteiger partial charge in [-0.1, -0.05) is 6.92 Å². The predicted octanol–water partition coefficient (Wildman–Crippen LogP) is 0.0282. The van der Waals surface area contributed by atoms with Crippen molar-refractivity contribution < 1.29 is 19.0 Å². The summed E-state index contributed by atoms with van der Waals surface area (Å²) in [5.41, 5.74) is 0. The van der Waals surface area contributed by atoms with E-state index in [0.717, 1.165) is 0 Å². The van der Waals surface area contributed by atoms with Crippen LogP contribution in [0, 0.1) is 0 Å². The van der Waals surface area contributed by atoms with E-state index >= 15 is 0 Å². The van der Waals surface area contributed by atoms with Crippen LogP contribution in [0.4, 0.5) is 8.78 Å². The van der Waals surface area contributed by atoms with Gasteiger partial charge in [0.1, 0.15) is 0 Å². The molecule has 5 heteroatoms.